The van der Waals surface area contributed by atoms with Gasteiger partial charge in [-0.15, -0.1) is 0 Å². The molecule has 30 heavy (non-hydrogen) atoms. The van der Waals surface area contributed by atoms with Crippen LogP contribution in [0.25, 0.3) is 22.3 Å². The van der Waals surface area contributed by atoms with Crippen molar-refractivity contribution in [1.29, 1.82) is 0 Å². The molecule has 6 nitrogen and oxygen atoms in total. The maximum atomic E-state index is 13.5. The number of rotatable bonds is 9. The van der Waals surface area contributed by atoms with Crippen molar-refractivity contribution in [3.63, 3.8) is 0 Å². The third kappa shape index (κ3) is 4.35. The Morgan fingerprint density at radius 3 is 2.03 bits per heavy atom. The zero-order valence-corrected chi connectivity index (χ0v) is 19.7. The monoisotopic (exact) mass is 524 g/mol. The average Bonchev–Trinajstić information content (AvgIpc) is 2.74. The molecule has 0 radical (unpaired) electrons. The van der Waals surface area contributed by atoms with Crippen LogP contribution in [0.15, 0.2) is 39.5 Å². The van der Waals surface area contributed by atoms with Crippen molar-refractivity contribution in [2.45, 2.75) is 27.7 Å². The molecule has 0 spiro atoms. The molecule has 0 atom stereocenters. The van der Waals surface area contributed by atoms with Gasteiger partial charge >= 0.3 is 0 Å². The van der Waals surface area contributed by atoms with Crippen molar-refractivity contribution in [2.24, 2.45) is 0 Å². The van der Waals surface area contributed by atoms with Crippen molar-refractivity contribution >= 4 is 33.6 Å². The van der Waals surface area contributed by atoms with Gasteiger partial charge in [-0.25, -0.2) is 0 Å². The minimum atomic E-state index is -0.272. The van der Waals surface area contributed by atoms with Crippen LogP contribution in [-0.4, -0.2) is 26.4 Å². The fourth-order valence-corrected chi connectivity index (χ4v) is 3.82. The van der Waals surface area contributed by atoms with Gasteiger partial charge in [0.15, 0.2) is 11.3 Å². The lowest BCUT2D eigenvalue weighted by Crippen LogP contribution is -2.12. The van der Waals surface area contributed by atoms with Gasteiger partial charge in [-0.3, -0.25) is 4.79 Å². The van der Waals surface area contributed by atoms with Crippen LogP contribution in [0.5, 0.6) is 23.0 Å². The summed E-state index contributed by atoms with van der Waals surface area (Å²) >= 11 is 2.14. The van der Waals surface area contributed by atoms with Crippen LogP contribution in [0.1, 0.15) is 27.7 Å². The SMILES string of the molecule is CCOc1ccc(-c2oc3c(I)c(OCC)cc(OCC)c3c(=O)c2OCC)cc1. The van der Waals surface area contributed by atoms with Gasteiger partial charge in [0.1, 0.15) is 22.6 Å². The van der Waals surface area contributed by atoms with Gasteiger partial charge in [0, 0.05) is 11.6 Å². The van der Waals surface area contributed by atoms with E-state index in [0.717, 1.165) is 11.3 Å². The van der Waals surface area contributed by atoms with Gasteiger partial charge in [0.25, 0.3) is 0 Å². The Morgan fingerprint density at radius 2 is 1.43 bits per heavy atom. The quantitative estimate of drug-likeness (QED) is 0.337. The third-order valence-electron chi connectivity index (χ3n) is 4.31. The molecular formula is C23H25IO6. The van der Waals surface area contributed by atoms with Gasteiger partial charge < -0.3 is 23.4 Å². The van der Waals surface area contributed by atoms with Crippen molar-refractivity contribution in [1.82, 2.24) is 0 Å². The maximum Gasteiger partial charge on any atom is 0.239 e. The first-order chi connectivity index (χ1) is 14.5. The van der Waals surface area contributed by atoms with Crippen LogP contribution in [-0.2, 0) is 0 Å². The second-order valence-electron chi connectivity index (χ2n) is 6.24. The van der Waals surface area contributed by atoms with Crippen molar-refractivity contribution in [3.8, 4) is 34.3 Å². The summed E-state index contributed by atoms with van der Waals surface area (Å²) in [7, 11) is 0. The summed E-state index contributed by atoms with van der Waals surface area (Å²) in [5, 5.41) is 0.350. The van der Waals surface area contributed by atoms with Crippen molar-refractivity contribution in [2.75, 3.05) is 26.4 Å². The lowest BCUT2D eigenvalue weighted by atomic mass is 10.1. The van der Waals surface area contributed by atoms with Gasteiger partial charge in [-0.2, -0.15) is 0 Å². The smallest absolute Gasteiger partial charge is 0.239 e. The molecule has 0 saturated carbocycles. The van der Waals surface area contributed by atoms with Gasteiger partial charge in [0.2, 0.25) is 11.2 Å². The molecule has 1 heterocycles. The van der Waals surface area contributed by atoms with E-state index < -0.39 is 0 Å². The van der Waals surface area contributed by atoms with Crippen LogP contribution in [0.4, 0.5) is 0 Å². The Morgan fingerprint density at radius 1 is 0.833 bits per heavy atom. The molecule has 0 unspecified atom stereocenters. The minimum Gasteiger partial charge on any atom is -0.494 e. The van der Waals surface area contributed by atoms with E-state index in [1.165, 1.54) is 0 Å². The molecule has 7 heteroatoms. The Balaban J connectivity index is 2.32. The normalized spacial score (nSPS) is 10.8. The molecule has 0 aliphatic carbocycles. The predicted octanol–water partition coefficient (Wildman–Crippen LogP) is 5.66. The lowest BCUT2D eigenvalue weighted by Gasteiger charge is -2.16. The van der Waals surface area contributed by atoms with Gasteiger partial charge in [-0.05, 0) is 74.6 Å². The third-order valence-corrected chi connectivity index (χ3v) is 5.33. The first-order valence-electron chi connectivity index (χ1n) is 10.00. The molecule has 3 aromatic rings. The van der Waals surface area contributed by atoms with E-state index in [2.05, 4.69) is 22.6 Å². The van der Waals surface area contributed by atoms with Crippen LogP contribution in [0, 0.1) is 3.57 Å². The Kier molecular flexibility index (Phi) is 7.47. The fraction of sp³-hybridized carbons (Fsp3) is 0.348. The molecule has 1 aromatic heterocycles. The second kappa shape index (κ2) is 10.1. The summed E-state index contributed by atoms with van der Waals surface area (Å²) in [6, 6.07) is 9.11. The number of benzene rings is 2. The van der Waals surface area contributed by atoms with E-state index in [1.54, 1.807) is 6.07 Å². The fourth-order valence-electron chi connectivity index (χ4n) is 3.13. The Bertz CT molecular complexity index is 1070. The number of halogens is 1. The summed E-state index contributed by atoms with van der Waals surface area (Å²) < 4.78 is 29.7. The van der Waals surface area contributed by atoms with E-state index >= 15 is 0 Å². The van der Waals surface area contributed by atoms with Crippen molar-refractivity contribution < 1.29 is 23.4 Å². The summed E-state index contributed by atoms with van der Waals surface area (Å²) in [5.74, 6) is 2.30. The topological polar surface area (TPSA) is 67.1 Å². The van der Waals surface area contributed by atoms with E-state index in [0.29, 0.717) is 58.2 Å². The van der Waals surface area contributed by atoms with Gasteiger partial charge in [0.05, 0.1) is 30.0 Å². The molecule has 0 bridgehead atoms. The molecule has 0 aliphatic rings. The minimum absolute atomic E-state index is 0.162. The number of fused-ring (bicyclic) bond motifs is 1. The number of hydrogen-bond acceptors (Lipinski definition) is 6. The zero-order chi connectivity index (χ0) is 21.7. The van der Waals surface area contributed by atoms with E-state index in [1.807, 2.05) is 52.0 Å². The molecule has 0 saturated heterocycles. The maximum absolute atomic E-state index is 13.5. The van der Waals surface area contributed by atoms with E-state index in [9.17, 15) is 4.79 Å². The van der Waals surface area contributed by atoms with Crippen LogP contribution in [0.3, 0.4) is 0 Å². The zero-order valence-electron chi connectivity index (χ0n) is 17.5. The van der Waals surface area contributed by atoms with Crippen LogP contribution < -0.4 is 24.4 Å². The highest BCUT2D eigenvalue weighted by Gasteiger charge is 2.24. The van der Waals surface area contributed by atoms with Gasteiger partial charge in [-0.1, -0.05) is 0 Å². The second-order valence-corrected chi connectivity index (χ2v) is 7.32. The summed E-state index contributed by atoms with van der Waals surface area (Å²) in [4.78, 5) is 13.5. The summed E-state index contributed by atoms with van der Waals surface area (Å²) in [6.07, 6.45) is 0. The predicted molar refractivity (Wildman–Crippen MR) is 125 cm³/mol. The van der Waals surface area contributed by atoms with Crippen LogP contribution in [0.2, 0.25) is 0 Å². The summed E-state index contributed by atoms with van der Waals surface area (Å²) in [5.41, 5.74) is 0.866. The lowest BCUT2D eigenvalue weighted by molar-refractivity contribution is 0.319. The van der Waals surface area contributed by atoms with E-state index in [-0.39, 0.29) is 11.2 Å². The Labute approximate surface area is 189 Å². The number of ether oxygens (including phenoxy) is 4. The largest absolute Gasteiger partial charge is 0.494 e. The molecule has 3 rings (SSSR count). The molecule has 0 aliphatic heterocycles. The highest BCUT2D eigenvalue weighted by Crippen LogP contribution is 2.40. The Hall–Kier alpha value is -2.42. The van der Waals surface area contributed by atoms with E-state index in [4.69, 9.17) is 23.4 Å². The standard InChI is InChI=1S/C23H25IO6/c1-5-26-15-11-9-14(10-12-15)21-23(29-8-4)20(25)18-16(27-6-2)13-17(28-7-3)19(24)22(18)30-21/h9-13H,5-8H2,1-4H3. The molecule has 160 valence electrons. The molecule has 0 fully saturated rings. The first-order valence-corrected chi connectivity index (χ1v) is 11.1. The number of hydrogen-bond donors (Lipinski definition) is 0. The molecular weight excluding hydrogens is 499 g/mol. The first kappa shape index (κ1) is 22.3. The average molecular weight is 524 g/mol. The molecule has 0 amide bonds. The highest BCUT2D eigenvalue weighted by molar-refractivity contribution is 14.1. The molecule has 2 aromatic carbocycles. The van der Waals surface area contributed by atoms with Crippen molar-refractivity contribution in [3.05, 3.63) is 44.1 Å². The molecule has 0 N–H and O–H groups in total. The highest BCUT2D eigenvalue weighted by atomic mass is 127. The summed E-state index contributed by atoms with van der Waals surface area (Å²) in [6.45, 7) is 9.33. The van der Waals surface area contributed by atoms with Crippen LogP contribution >= 0.6 is 22.6 Å².